The Labute approximate surface area is 93.1 Å². The smallest absolute Gasteiger partial charge is 0.144 e. The molecule has 1 aliphatic rings. The van der Waals surface area contributed by atoms with Crippen LogP contribution in [0, 0.1) is 17.1 Å². The molecule has 1 fully saturated rings. The number of hydrogen-bond acceptors (Lipinski definition) is 3. The molecule has 0 aliphatic heterocycles. The number of aliphatic hydroxyl groups is 1. The van der Waals surface area contributed by atoms with Gasteiger partial charge in [0.25, 0.3) is 0 Å². The second-order valence-corrected chi connectivity index (χ2v) is 3.91. The van der Waals surface area contributed by atoms with E-state index in [1.165, 1.54) is 12.1 Å². The van der Waals surface area contributed by atoms with Crippen LogP contribution in [0.4, 0.5) is 4.39 Å². The number of hydrogen-bond donors (Lipinski definition) is 1. The lowest BCUT2D eigenvalue weighted by atomic mass is 10.2. The lowest BCUT2D eigenvalue weighted by Gasteiger charge is -2.17. The zero-order chi connectivity index (χ0) is 11.5. The molecular formula is C12H12FNO2. The predicted molar refractivity (Wildman–Crippen MR) is 55.4 cm³/mol. The average Bonchev–Trinajstić information content (AvgIpc) is 2.65. The Balaban J connectivity index is 2.11. The maximum atomic E-state index is 13.3. The van der Waals surface area contributed by atoms with Crippen LogP contribution in [0.1, 0.15) is 24.8 Å². The summed E-state index contributed by atoms with van der Waals surface area (Å²) in [6.07, 6.45) is 1.70. The van der Waals surface area contributed by atoms with Crippen molar-refractivity contribution >= 4 is 0 Å². The van der Waals surface area contributed by atoms with Crippen molar-refractivity contribution in [3.63, 3.8) is 0 Å². The normalized spacial score (nSPS) is 24.1. The van der Waals surface area contributed by atoms with E-state index in [4.69, 9.17) is 10.00 Å². The molecule has 0 heterocycles. The van der Waals surface area contributed by atoms with Gasteiger partial charge in [-0.1, -0.05) is 0 Å². The minimum absolute atomic E-state index is 0.000629. The molecule has 0 spiro atoms. The highest BCUT2D eigenvalue weighted by Crippen LogP contribution is 2.25. The second kappa shape index (κ2) is 4.50. The Morgan fingerprint density at radius 1 is 1.44 bits per heavy atom. The predicted octanol–water partition coefficient (Wildman–Crippen LogP) is 1.99. The standard InChI is InChI=1S/C12H12FNO2/c13-10-6-9(5-4-8(10)7-14)16-12-3-1-2-11(12)15/h4-6,11-12,15H,1-3H2/t11-,12-/m0/s1. The Bertz CT molecular complexity index is 428. The van der Waals surface area contributed by atoms with Crippen molar-refractivity contribution in [1.29, 1.82) is 5.26 Å². The van der Waals surface area contributed by atoms with Gasteiger partial charge in [0.2, 0.25) is 0 Å². The lowest BCUT2D eigenvalue weighted by Crippen LogP contribution is -2.25. The number of nitrogens with zero attached hydrogens (tertiary/aromatic N) is 1. The molecule has 1 aromatic rings. The molecule has 84 valence electrons. The first-order chi connectivity index (χ1) is 7.70. The Hall–Kier alpha value is -1.60. The quantitative estimate of drug-likeness (QED) is 0.830. The fourth-order valence-electron chi connectivity index (χ4n) is 1.88. The van der Waals surface area contributed by atoms with Crippen molar-refractivity contribution in [2.75, 3.05) is 0 Å². The molecule has 0 bridgehead atoms. The van der Waals surface area contributed by atoms with Crippen LogP contribution in [0.2, 0.25) is 0 Å². The summed E-state index contributed by atoms with van der Waals surface area (Å²) >= 11 is 0. The van der Waals surface area contributed by atoms with Gasteiger partial charge in [-0.05, 0) is 31.4 Å². The van der Waals surface area contributed by atoms with Crippen LogP contribution in [-0.2, 0) is 0 Å². The van der Waals surface area contributed by atoms with Gasteiger partial charge in [-0.15, -0.1) is 0 Å². The molecule has 0 saturated heterocycles. The van der Waals surface area contributed by atoms with Crippen molar-refractivity contribution in [3.8, 4) is 11.8 Å². The van der Waals surface area contributed by atoms with E-state index in [0.29, 0.717) is 5.75 Å². The monoisotopic (exact) mass is 221 g/mol. The SMILES string of the molecule is N#Cc1ccc(O[C@H]2CCC[C@@H]2O)cc1F. The molecule has 0 unspecified atom stereocenters. The summed E-state index contributed by atoms with van der Waals surface area (Å²) in [5, 5.41) is 18.1. The van der Waals surface area contributed by atoms with Gasteiger partial charge in [0.15, 0.2) is 0 Å². The van der Waals surface area contributed by atoms with Gasteiger partial charge in [-0.3, -0.25) is 0 Å². The second-order valence-electron chi connectivity index (χ2n) is 3.91. The maximum absolute atomic E-state index is 13.3. The van der Waals surface area contributed by atoms with E-state index in [2.05, 4.69) is 0 Å². The molecule has 0 amide bonds. The van der Waals surface area contributed by atoms with Crippen molar-refractivity contribution in [3.05, 3.63) is 29.6 Å². The molecule has 0 aromatic heterocycles. The van der Waals surface area contributed by atoms with Crippen LogP contribution in [0.15, 0.2) is 18.2 Å². The largest absolute Gasteiger partial charge is 0.488 e. The van der Waals surface area contributed by atoms with E-state index in [0.717, 1.165) is 19.3 Å². The molecule has 1 aliphatic carbocycles. The zero-order valence-electron chi connectivity index (χ0n) is 8.69. The fourth-order valence-corrected chi connectivity index (χ4v) is 1.88. The van der Waals surface area contributed by atoms with Crippen LogP contribution in [0.3, 0.4) is 0 Å². The van der Waals surface area contributed by atoms with E-state index in [-0.39, 0.29) is 11.7 Å². The summed E-state index contributed by atoms with van der Waals surface area (Å²) in [5.41, 5.74) is -0.000629. The van der Waals surface area contributed by atoms with Crippen molar-refractivity contribution < 1.29 is 14.2 Å². The van der Waals surface area contributed by atoms with E-state index < -0.39 is 11.9 Å². The highest BCUT2D eigenvalue weighted by atomic mass is 19.1. The Morgan fingerprint density at radius 3 is 2.81 bits per heavy atom. The van der Waals surface area contributed by atoms with E-state index >= 15 is 0 Å². The Kier molecular flexibility index (Phi) is 3.07. The van der Waals surface area contributed by atoms with Gasteiger partial charge in [0.1, 0.15) is 23.7 Å². The van der Waals surface area contributed by atoms with E-state index in [9.17, 15) is 9.50 Å². The van der Waals surface area contributed by atoms with Crippen LogP contribution in [-0.4, -0.2) is 17.3 Å². The number of ether oxygens (including phenoxy) is 1. The van der Waals surface area contributed by atoms with Gasteiger partial charge in [-0.2, -0.15) is 5.26 Å². The number of rotatable bonds is 2. The molecule has 1 aromatic carbocycles. The summed E-state index contributed by atoms with van der Waals surface area (Å²) in [6.45, 7) is 0. The van der Waals surface area contributed by atoms with Crippen LogP contribution >= 0.6 is 0 Å². The summed E-state index contributed by atoms with van der Waals surface area (Å²) in [7, 11) is 0. The lowest BCUT2D eigenvalue weighted by molar-refractivity contribution is 0.0602. The van der Waals surface area contributed by atoms with Crippen molar-refractivity contribution in [2.24, 2.45) is 0 Å². The maximum Gasteiger partial charge on any atom is 0.144 e. The first-order valence-electron chi connectivity index (χ1n) is 5.25. The molecule has 3 nitrogen and oxygen atoms in total. The molecule has 1 N–H and O–H groups in total. The van der Waals surface area contributed by atoms with Crippen molar-refractivity contribution in [2.45, 2.75) is 31.5 Å². The summed E-state index contributed by atoms with van der Waals surface area (Å²) < 4.78 is 18.7. The topological polar surface area (TPSA) is 53.2 Å². The third kappa shape index (κ3) is 2.15. The average molecular weight is 221 g/mol. The van der Waals surface area contributed by atoms with E-state index in [1.807, 2.05) is 0 Å². The number of aliphatic hydroxyl groups excluding tert-OH is 1. The van der Waals surface area contributed by atoms with E-state index in [1.54, 1.807) is 12.1 Å². The number of halogens is 1. The van der Waals surface area contributed by atoms with Gasteiger partial charge in [-0.25, -0.2) is 4.39 Å². The molecular weight excluding hydrogens is 209 g/mol. The number of benzene rings is 1. The summed E-state index contributed by atoms with van der Waals surface area (Å²) in [4.78, 5) is 0. The third-order valence-electron chi connectivity index (χ3n) is 2.77. The highest BCUT2D eigenvalue weighted by molar-refractivity contribution is 5.36. The first kappa shape index (κ1) is 10.9. The highest BCUT2D eigenvalue weighted by Gasteiger charge is 2.26. The van der Waals surface area contributed by atoms with Gasteiger partial charge in [0, 0.05) is 6.07 Å². The minimum atomic E-state index is -0.590. The molecule has 16 heavy (non-hydrogen) atoms. The van der Waals surface area contributed by atoms with Crippen LogP contribution in [0.5, 0.6) is 5.75 Å². The van der Waals surface area contributed by atoms with Gasteiger partial charge >= 0.3 is 0 Å². The number of nitriles is 1. The third-order valence-corrected chi connectivity index (χ3v) is 2.77. The summed E-state index contributed by atoms with van der Waals surface area (Å²) in [5.74, 6) is -0.227. The van der Waals surface area contributed by atoms with Crippen LogP contribution < -0.4 is 4.74 Å². The molecule has 0 radical (unpaired) electrons. The van der Waals surface area contributed by atoms with Crippen molar-refractivity contribution in [1.82, 2.24) is 0 Å². The minimum Gasteiger partial charge on any atom is -0.488 e. The molecule has 2 atom stereocenters. The first-order valence-corrected chi connectivity index (χ1v) is 5.25. The molecule has 2 rings (SSSR count). The summed E-state index contributed by atoms with van der Waals surface area (Å²) in [6, 6.07) is 5.86. The molecule has 1 saturated carbocycles. The molecule has 4 heteroatoms. The van der Waals surface area contributed by atoms with Gasteiger partial charge < -0.3 is 9.84 Å². The van der Waals surface area contributed by atoms with Crippen LogP contribution in [0.25, 0.3) is 0 Å². The fraction of sp³-hybridized carbons (Fsp3) is 0.417. The van der Waals surface area contributed by atoms with Gasteiger partial charge in [0.05, 0.1) is 11.7 Å². The zero-order valence-corrected chi connectivity index (χ0v) is 8.69. The Morgan fingerprint density at radius 2 is 2.25 bits per heavy atom.